The third-order valence-electron chi connectivity index (χ3n) is 7.30. The minimum atomic E-state index is 1.12. The highest BCUT2D eigenvalue weighted by Gasteiger charge is 2.23. The van der Waals surface area contributed by atoms with Crippen molar-refractivity contribution in [1.82, 2.24) is 0 Å². The largest absolute Gasteiger partial charge is 0.118 e. The van der Waals surface area contributed by atoms with E-state index in [1.165, 1.54) is 56.4 Å². The summed E-state index contributed by atoms with van der Waals surface area (Å²) in [5.41, 5.74) is 15.8. The molecule has 0 bridgehead atoms. The fourth-order valence-corrected chi connectivity index (χ4v) is 5.35. The first-order valence-corrected chi connectivity index (χ1v) is 13.5. The van der Waals surface area contributed by atoms with Gasteiger partial charge in [-0.25, -0.2) is 0 Å². The molecule has 0 spiro atoms. The van der Waals surface area contributed by atoms with Crippen LogP contribution < -0.4 is 0 Å². The Morgan fingerprint density at radius 2 is 0.949 bits per heavy atom. The van der Waals surface area contributed by atoms with Crippen LogP contribution in [0.15, 0.2) is 174 Å². The molecule has 0 nitrogen and oxygen atoms in total. The Labute approximate surface area is 232 Å². The molecule has 0 radical (unpaired) electrons. The summed E-state index contributed by atoms with van der Waals surface area (Å²) in [4.78, 5) is 0. The minimum Gasteiger partial charge on any atom is -0.118 e. The maximum atomic E-state index is 3.93. The molecule has 0 aromatic heterocycles. The monoisotopic (exact) mass is 498 g/mol. The maximum absolute atomic E-state index is 3.93. The Balaban J connectivity index is 1.58. The van der Waals surface area contributed by atoms with Crippen LogP contribution in [0.5, 0.6) is 0 Å². The summed E-state index contributed by atoms with van der Waals surface area (Å²) in [5.74, 6) is 2.44. The van der Waals surface area contributed by atoms with Crippen molar-refractivity contribution in [1.29, 1.82) is 0 Å². The summed E-state index contributed by atoms with van der Waals surface area (Å²) in [7, 11) is 0. The first kappa shape index (κ1) is 24.4. The van der Waals surface area contributed by atoms with Crippen molar-refractivity contribution < 1.29 is 0 Å². The molecule has 0 fully saturated rings. The van der Waals surface area contributed by atoms with Crippen molar-refractivity contribution in [2.24, 2.45) is 0 Å². The standard InChI is InChI=1S/C39H30/c1-28-23-34(30-15-7-3-8-16-30)24-29(2)36(28)27-39-37(32-19-11-5-12-20-32)25-35(31-17-9-4-10-18-31)26-38(39)33-21-13-6-14-22-33/h3-26H,1-2H3. The van der Waals surface area contributed by atoms with Crippen LogP contribution in [0, 0.1) is 11.8 Å². The van der Waals surface area contributed by atoms with Crippen molar-refractivity contribution in [3.8, 4) is 0 Å². The number of hydrogen-bond acceptors (Lipinski definition) is 0. The van der Waals surface area contributed by atoms with Gasteiger partial charge in [-0.05, 0) is 37.6 Å². The molecule has 0 saturated carbocycles. The van der Waals surface area contributed by atoms with Gasteiger partial charge in [-0.1, -0.05) is 107 Å². The van der Waals surface area contributed by atoms with Gasteiger partial charge in [-0.15, -0.1) is 35.6 Å². The lowest BCUT2D eigenvalue weighted by molar-refractivity contribution is 1.20. The first-order valence-electron chi connectivity index (χ1n) is 13.5. The van der Waals surface area contributed by atoms with Crippen LogP contribution in [0.4, 0.5) is 0 Å². The van der Waals surface area contributed by atoms with E-state index in [0.29, 0.717) is 0 Å². The normalized spacial score (nSPS) is 15.2. The smallest absolute Gasteiger partial charge is 0.0869 e. The molecule has 4 aromatic rings. The minimum absolute atomic E-state index is 1.12. The maximum Gasteiger partial charge on any atom is 0.0869 e. The second-order valence-corrected chi connectivity index (χ2v) is 10.0. The molecule has 0 unspecified atom stereocenters. The summed E-state index contributed by atoms with van der Waals surface area (Å²) in [6.45, 7) is 4.40. The van der Waals surface area contributed by atoms with Crippen LogP contribution in [-0.4, -0.2) is 0 Å². The molecule has 0 heterocycles. The topological polar surface area (TPSA) is 0 Å². The van der Waals surface area contributed by atoms with Crippen LogP contribution in [-0.2, 0) is 0 Å². The molecular formula is C39H30. The summed E-state index contributed by atoms with van der Waals surface area (Å²) in [5, 5.41) is 0. The third kappa shape index (κ3) is 5.12. The second kappa shape index (κ2) is 10.8. The Bertz CT molecular complexity index is 1570. The quantitative estimate of drug-likeness (QED) is 0.194. The highest BCUT2D eigenvalue weighted by molar-refractivity contribution is 6.02. The highest BCUT2D eigenvalue weighted by atomic mass is 14.3. The lowest BCUT2D eigenvalue weighted by atomic mass is 9.78. The van der Waals surface area contributed by atoms with E-state index in [4.69, 9.17) is 0 Å². The summed E-state index contributed by atoms with van der Waals surface area (Å²) >= 11 is 0. The molecular weight excluding hydrogens is 468 g/mol. The molecule has 2 aliphatic carbocycles. The van der Waals surface area contributed by atoms with Gasteiger partial charge in [0.05, 0.1) is 17.1 Å². The van der Waals surface area contributed by atoms with E-state index in [1.807, 2.05) is 0 Å². The van der Waals surface area contributed by atoms with E-state index in [2.05, 4.69) is 165 Å². The van der Waals surface area contributed by atoms with E-state index < -0.39 is 0 Å². The van der Waals surface area contributed by atoms with Gasteiger partial charge in [0.15, 0.2) is 0 Å². The van der Waals surface area contributed by atoms with Gasteiger partial charge in [-0.3, -0.25) is 0 Å². The van der Waals surface area contributed by atoms with E-state index in [1.54, 1.807) is 0 Å². The number of benzene rings is 4. The van der Waals surface area contributed by atoms with E-state index in [-0.39, 0.29) is 0 Å². The van der Waals surface area contributed by atoms with Crippen molar-refractivity contribution >= 4 is 11.1 Å². The second-order valence-electron chi connectivity index (χ2n) is 10.0. The van der Waals surface area contributed by atoms with Crippen molar-refractivity contribution in [3.05, 3.63) is 208 Å². The average molecular weight is 499 g/mol. The van der Waals surface area contributed by atoms with E-state index in [9.17, 15) is 0 Å². The molecule has 4 aromatic carbocycles. The molecule has 0 atom stereocenters. The van der Waals surface area contributed by atoms with Gasteiger partial charge >= 0.3 is 0 Å². The molecule has 0 heteroatoms. The SMILES string of the molecule is CC1=C[C+](c2ccccc2)C=C(C)C1=C=C1C(c2ccccc2)=C[C-](c2ccccc2)C=C1c1ccccc1. The highest BCUT2D eigenvalue weighted by Crippen LogP contribution is 2.43. The molecule has 2 aliphatic rings. The molecule has 0 aliphatic heterocycles. The Morgan fingerprint density at radius 3 is 1.44 bits per heavy atom. The van der Waals surface area contributed by atoms with Gasteiger partial charge < -0.3 is 0 Å². The van der Waals surface area contributed by atoms with Crippen LogP contribution in [0.2, 0.25) is 0 Å². The molecule has 6 rings (SSSR count). The van der Waals surface area contributed by atoms with Crippen LogP contribution in [0.3, 0.4) is 0 Å². The van der Waals surface area contributed by atoms with E-state index in [0.717, 1.165) is 11.1 Å². The fraction of sp³-hybridized carbons (Fsp3) is 0.0513. The Kier molecular flexibility index (Phi) is 6.79. The average Bonchev–Trinajstić information content (AvgIpc) is 3.00. The summed E-state index contributed by atoms with van der Waals surface area (Å²) in [6.07, 6.45) is 9.21. The predicted octanol–water partition coefficient (Wildman–Crippen LogP) is 9.77. The summed E-state index contributed by atoms with van der Waals surface area (Å²) < 4.78 is 0. The van der Waals surface area contributed by atoms with Crippen molar-refractivity contribution in [2.45, 2.75) is 13.8 Å². The molecule has 0 N–H and O–H groups in total. The van der Waals surface area contributed by atoms with E-state index >= 15 is 0 Å². The lowest BCUT2D eigenvalue weighted by Gasteiger charge is -2.30. The molecule has 39 heavy (non-hydrogen) atoms. The Morgan fingerprint density at radius 1 is 0.513 bits per heavy atom. The van der Waals surface area contributed by atoms with Crippen LogP contribution >= 0.6 is 0 Å². The summed E-state index contributed by atoms with van der Waals surface area (Å²) in [6, 6.07) is 42.6. The number of allylic oxidation sites excluding steroid dienone is 9. The van der Waals surface area contributed by atoms with Crippen LogP contribution in [0.1, 0.15) is 36.1 Å². The Hall–Kier alpha value is -4.90. The third-order valence-corrected chi connectivity index (χ3v) is 7.30. The zero-order valence-corrected chi connectivity index (χ0v) is 22.4. The van der Waals surface area contributed by atoms with Gasteiger partial charge in [0.1, 0.15) is 0 Å². The number of rotatable bonds is 4. The zero-order chi connectivity index (χ0) is 26.6. The van der Waals surface area contributed by atoms with Crippen LogP contribution in [0.25, 0.3) is 11.1 Å². The van der Waals surface area contributed by atoms with Crippen molar-refractivity contribution in [3.63, 3.8) is 0 Å². The first-order chi connectivity index (χ1) is 19.2. The van der Waals surface area contributed by atoms with Gasteiger partial charge in [0.25, 0.3) is 0 Å². The van der Waals surface area contributed by atoms with Gasteiger partial charge in [-0.2, -0.15) is 0 Å². The molecule has 186 valence electrons. The lowest BCUT2D eigenvalue weighted by Crippen LogP contribution is -2.07. The fourth-order valence-electron chi connectivity index (χ4n) is 5.35. The molecule has 0 saturated heterocycles. The zero-order valence-electron chi connectivity index (χ0n) is 22.4. The van der Waals surface area contributed by atoms with Crippen molar-refractivity contribution in [2.75, 3.05) is 0 Å². The van der Waals surface area contributed by atoms with Gasteiger partial charge in [0.2, 0.25) is 0 Å². The van der Waals surface area contributed by atoms with Gasteiger partial charge in [0, 0.05) is 35.4 Å². The number of hydrogen-bond donors (Lipinski definition) is 0. The molecule has 0 amide bonds. The predicted molar refractivity (Wildman–Crippen MR) is 164 cm³/mol.